The molecule has 0 saturated heterocycles. The number of hydrogen-bond donors (Lipinski definition) is 2. The summed E-state index contributed by atoms with van der Waals surface area (Å²) in [6, 6.07) is 38.2. The average Bonchev–Trinajstić information content (AvgIpc) is 3.12. The first-order chi connectivity index (χ1) is 23.2. The summed E-state index contributed by atoms with van der Waals surface area (Å²) in [6.45, 7) is 0. The van der Waals surface area contributed by atoms with E-state index in [1.807, 2.05) is 48.5 Å². The lowest BCUT2D eigenvalue weighted by Crippen LogP contribution is -2.58. The SMILES string of the molecule is OC(c1ccc(F)cc1)(c1ccc(F)cc1)[C@H]1C2c3ccccc3C(c3ccccc32)[C@@H]1C(O)(c1ccc(F)cc1)c1ccc(F)cc1. The lowest BCUT2D eigenvalue weighted by atomic mass is 9.45. The largest absolute Gasteiger partial charge is 0.380 e. The standard InChI is InChI=1S/C42H30F4O2/c43-29-17-9-25(10-18-29)41(47,26-11-19-30(44)20-12-26)39-37-33-5-1-2-6-34(33)38(36-8-4-3-7-35(36)37)40(39)42(48,27-13-21-31(45)22-14-27)28-15-23-32(46)24-16-28/h1-24,37-40,47-48H/t37?,38?,39-,40-/m0/s1. The van der Waals surface area contributed by atoms with Crippen molar-refractivity contribution in [3.63, 3.8) is 0 Å². The highest BCUT2D eigenvalue weighted by atomic mass is 19.1. The number of aliphatic hydroxyl groups is 2. The van der Waals surface area contributed by atoms with E-state index < -0.39 is 58.1 Å². The third-order valence-electron chi connectivity index (χ3n) is 10.5. The van der Waals surface area contributed by atoms with Gasteiger partial charge in [-0.3, -0.25) is 0 Å². The molecule has 48 heavy (non-hydrogen) atoms. The molecule has 238 valence electrons. The molecule has 6 heteroatoms. The van der Waals surface area contributed by atoms with Crippen molar-refractivity contribution >= 4 is 0 Å². The molecule has 2 nitrogen and oxygen atoms in total. The van der Waals surface area contributed by atoms with Crippen molar-refractivity contribution in [1.82, 2.24) is 0 Å². The summed E-state index contributed by atoms with van der Waals surface area (Å²) in [4.78, 5) is 0. The van der Waals surface area contributed by atoms with Crippen LogP contribution in [0.1, 0.15) is 56.3 Å². The van der Waals surface area contributed by atoms with Crippen LogP contribution in [-0.2, 0) is 11.2 Å². The van der Waals surface area contributed by atoms with Crippen molar-refractivity contribution in [3.05, 3.63) is 213 Å². The zero-order chi connectivity index (χ0) is 33.2. The predicted molar refractivity (Wildman–Crippen MR) is 175 cm³/mol. The van der Waals surface area contributed by atoms with E-state index in [9.17, 15) is 27.8 Å². The van der Waals surface area contributed by atoms with Gasteiger partial charge in [-0.2, -0.15) is 0 Å². The van der Waals surface area contributed by atoms with Gasteiger partial charge in [0.1, 0.15) is 34.5 Å². The molecule has 2 atom stereocenters. The zero-order valence-electron chi connectivity index (χ0n) is 25.6. The third kappa shape index (κ3) is 4.47. The Morgan fingerprint density at radius 1 is 0.333 bits per heavy atom. The fourth-order valence-electron chi connectivity index (χ4n) is 8.60. The Balaban J connectivity index is 1.52. The Hall–Kier alpha value is -5.04. The lowest BCUT2D eigenvalue weighted by molar-refractivity contribution is -0.105. The molecule has 2 bridgehead atoms. The Bertz CT molecular complexity index is 1820. The maximum atomic E-state index is 14.5. The van der Waals surface area contributed by atoms with E-state index >= 15 is 0 Å². The van der Waals surface area contributed by atoms with Gasteiger partial charge in [0.05, 0.1) is 0 Å². The Kier molecular flexibility index (Phi) is 7.13. The highest BCUT2D eigenvalue weighted by molar-refractivity contribution is 5.61. The van der Waals surface area contributed by atoms with Crippen LogP contribution in [0.5, 0.6) is 0 Å². The molecule has 6 aromatic carbocycles. The van der Waals surface area contributed by atoms with Crippen molar-refractivity contribution in [1.29, 1.82) is 0 Å². The van der Waals surface area contributed by atoms with E-state index in [4.69, 9.17) is 0 Å². The van der Waals surface area contributed by atoms with Crippen LogP contribution >= 0.6 is 0 Å². The molecule has 0 amide bonds. The highest BCUT2D eigenvalue weighted by Crippen LogP contribution is 2.67. The molecule has 0 aromatic heterocycles. The smallest absolute Gasteiger partial charge is 0.123 e. The van der Waals surface area contributed by atoms with Crippen molar-refractivity contribution in [3.8, 4) is 0 Å². The fraction of sp³-hybridized carbons (Fsp3) is 0.143. The normalized spacial score (nSPS) is 19.9. The van der Waals surface area contributed by atoms with Gasteiger partial charge in [-0.05, 0) is 93.0 Å². The first kappa shape index (κ1) is 30.3. The minimum atomic E-state index is -1.93. The van der Waals surface area contributed by atoms with Crippen molar-refractivity contribution in [2.24, 2.45) is 11.8 Å². The number of rotatable bonds is 6. The molecule has 9 rings (SSSR count). The number of hydrogen-bond acceptors (Lipinski definition) is 2. The van der Waals surface area contributed by atoms with Gasteiger partial charge in [0.15, 0.2) is 0 Å². The summed E-state index contributed by atoms with van der Waals surface area (Å²) in [7, 11) is 0. The molecule has 0 radical (unpaired) electrons. The summed E-state index contributed by atoms with van der Waals surface area (Å²) < 4.78 is 57.8. The van der Waals surface area contributed by atoms with Crippen molar-refractivity contribution in [2.45, 2.75) is 23.0 Å². The average molecular weight is 643 g/mol. The maximum absolute atomic E-state index is 14.5. The van der Waals surface area contributed by atoms with E-state index in [2.05, 4.69) is 0 Å². The van der Waals surface area contributed by atoms with Gasteiger partial charge in [0.25, 0.3) is 0 Å². The van der Waals surface area contributed by atoms with Crippen LogP contribution in [0.2, 0.25) is 0 Å². The summed E-state index contributed by atoms with van der Waals surface area (Å²) >= 11 is 0. The van der Waals surface area contributed by atoms with Crippen LogP contribution in [0.3, 0.4) is 0 Å². The van der Waals surface area contributed by atoms with Gasteiger partial charge < -0.3 is 10.2 Å². The van der Waals surface area contributed by atoms with E-state index in [0.29, 0.717) is 22.3 Å². The molecule has 0 heterocycles. The molecule has 2 N–H and O–H groups in total. The maximum Gasteiger partial charge on any atom is 0.123 e. The molecule has 3 aliphatic carbocycles. The first-order valence-electron chi connectivity index (χ1n) is 15.9. The van der Waals surface area contributed by atoms with Crippen LogP contribution in [0.15, 0.2) is 146 Å². The quantitative estimate of drug-likeness (QED) is 0.178. The third-order valence-corrected chi connectivity index (χ3v) is 10.5. The second kappa shape index (κ2) is 11.3. The molecule has 3 aliphatic rings. The number of halogens is 4. The van der Waals surface area contributed by atoms with Crippen LogP contribution in [0, 0.1) is 35.1 Å². The molecule has 0 saturated carbocycles. The van der Waals surface area contributed by atoms with Crippen LogP contribution < -0.4 is 0 Å². The summed E-state index contributed by atoms with van der Waals surface area (Å²) in [5, 5.41) is 27.1. The van der Waals surface area contributed by atoms with Crippen LogP contribution in [0.4, 0.5) is 17.6 Å². The van der Waals surface area contributed by atoms with Crippen molar-refractivity contribution < 1.29 is 27.8 Å². The lowest BCUT2D eigenvalue weighted by Gasteiger charge is -2.60. The zero-order valence-corrected chi connectivity index (χ0v) is 25.6. The highest BCUT2D eigenvalue weighted by Gasteiger charge is 2.64. The second-order valence-corrected chi connectivity index (χ2v) is 12.8. The van der Waals surface area contributed by atoms with E-state index in [1.54, 1.807) is 0 Å². The van der Waals surface area contributed by atoms with Gasteiger partial charge in [0.2, 0.25) is 0 Å². The topological polar surface area (TPSA) is 40.5 Å². The van der Waals surface area contributed by atoms with Crippen molar-refractivity contribution in [2.75, 3.05) is 0 Å². The Morgan fingerprint density at radius 3 is 0.750 bits per heavy atom. The van der Waals surface area contributed by atoms with Gasteiger partial charge in [-0.15, -0.1) is 0 Å². The predicted octanol–water partition coefficient (Wildman–Crippen LogP) is 8.94. The van der Waals surface area contributed by atoms with Crippen LogP contribution in [-0.4, -0.2) is 10.2 Å². The minimum Gasteiger partial charge on any atom is -0.380 e. The number of benzene rings is 6. The Morgan fingerprint density at radius 2 is 0.542 bits per heavy atom. The minimum absolute atomic E-state index is 0.355. The summed E-state index contributed by atoms with van der Waals surface area (Å²) in [5.74, 6) is -4.75. The summed E-state index contributed by atoms with van der Waals surface area (Å²) in [5.41, 5.74) is 1.42. The molecule has 0 fully saturated rings. The van der Waals surface area contributed by atoms with Gasteiger partial charge >= 0.3 is 0 Å². The molecular formula is C42H30F4O2. The van der Waals surface area contributed by atoms with Gasteiger partial charge in [0, 0.05) is 23.7 Å². The molecule has 0 aliphatic heterocycles. The monoisotopic (exact) mass is 642 g/mol. The van der Waals surface area contributed by atoms with Gasteiger partial charge in [-0.25, -0.2) is 17.6 Å². The second-order valence-electron chi connectivity index (χ2n) is 12.8. The first-order valence-corrected chi connectivity index (χ1v) is 15.9. The van der Waals surface area contributed by atoms with E-state index in [-0.39, 0.29) is 0 Å². The van der Waals surface area contributed by atoms with Gasteiger partial charge in [-0.1, -0.05) is 97.1 Å². The molecule has 0 unspecified atom stereocenters. The fourth-order valence-corrected chi connectivity index (χ4v) is 8.60. The van der Waals surface area contributed by atoms with E-state index in [0.717, 1.165) is 22.3 Å². The Labute approximate surface area is 275 Å². The molecular weight excluding hydrogens is 612 g/mol. The van der Waals surface area contributed by atoms with E-state index in [1.165, 1.54) is 97.1 Å². The molecule has 0 spiro atoms. The molecule has 6 aromatic rings. The number of fused-ring (bicyclic) bond motifs is 1. The van der Waals surface area contributed by atoms with Crippen LogP contribution in [0.25, 0.3) is 0 Å². The summed E-state index contributed by atoms with van der Waals surface area (Å²) in [6.07, 6.45) is 0.